The Morgan fingerprint density at radius 2 is 1.93 bits per heavy atom. The lowest BCUT2D eigenvalue weighted by atomic mass is 9.98. The van der Waals surface area contributed by atoms with E-state index in [2.05, 4.69) is 5.32 Å². The molecule has 0 spiro atoms. The van der Waals surface area contributed by atoms with E-state index in [-0.39, 0.29) is 11.9 Å². The lowest BCUT2D eigenvalue weighted by Gasteiger charge is -2.30. The maximum absolute atomic E-state index is 12.7. The first kappa shape index (κ1) is 18.7. The maximum atomic E-state index is 12.7. The van der Waals surface area contributed by atoms with Crippen molar-refractivity contribution in [1.82, 2.24) is 9.62 Å². The van der Waals surface area contributed by atoms with Crippen molar-refractivity contribution in [2.24, 2.45) is 0 Å². The van der Waals surface area contributed by atoms with Crippen LogP contribution in [0, 0.1) is 0 Å². The van der Waals surface area contributed by atoms with Crippen molar-refractivity contribution in [2.45, 2.75) is 18.9 Å². The van der Waals surface area contributed by atoms with Crippen molar-refractivity contribution in [1.29, 1.82) is 0 Å². The second-order valence-corrected chi connectivity index (χ2v) is 9.15. The zero-order valence-electron chi connectivity index (χ0n) is 15.6. The van der Waals surface area contributed by atoms with Gasteiger partial charge in [0.1, 0.15) is 0 Å². The number of carbonyl (C=O) groups excluding carboxylic acids is 1. The molecule has 6 nitrogen and oxygen atoms in total. The molecule has 1 aliphatic heterocycles. The van der Waals surface area contributed by atoms with E-state index in [4.69, 9.17) is 4.42 Å². The fraction of sp³-hybridized carbons (Fsp3) is 0.286. The van der Waals surface area contributed by atoms with Crippen LogP contribution < -0.4 is 5.32 Å². The fourth-order valence-corrected chi connectivity index (χ4v) is 4.57. The van der Waals surface area contributed by atoms with Gasteiger partial charge < -0.3 is 9.73 Å². The number of rotatable bonds is 4. The van der Waals surface area contributed by atoms with Gasteiger partial charge in [0.05, 0.1) is 18.8 Å². The Bertz CT molecular complexity index is 1100. The molecule has 2 heterocycles. The number of nitrogens with zero attached hydrogens (tertiary/aromatic N) is 1. The van der Waals surface area contributed by atoms with E-state index in [0.717, 1.165) is 21.9 Å². The number of fused-ring (bicyclic) bond motifs is 1. The monoisotopic (exact) mass is 398 g/mol. The minimum absolute atomic E-state index is 0.0153. The standard InChI is InChI=1S/C21H22N2O4S/c1-28(25,26)23-10-7-18(8-11-23)22-21(24)16-5-6-20-15(13-16)3-2-4-19(20)17-9-12-27-14-17/h2-6,9,12-14,18H,7-8,10-11H2,1H3,(H,22,24). The van der Waals surface area contributed by atoms with Crippen LogP contribution in [0.15, 0.2) is 59.4 Å². The molecule has 28 heavy (non-hydrogen) atoms. The molecule has 1 fully saturated rings. The summed E-state index contributed by atoms with van der Waals surface area (Å²) in [6.07, 6.45) is 5.82. The lowest BCUT2D eigenvalue weighted by Crippen LogP contribution is -2.46. The Morgan fingerprint density at radius 3 is 2.61 bits per heavy atom. The van der Waals surface area contributed by atoms with Gasteiger partial charge in [-0.2, -0.15) is 0 Å². The van der Waals surface area contributed by atoms with Gasteiger partial charge in [-0.3, -0.25) is 4.79 Å². The Labute approximate surface area is 164 Å². The SMILES string of the molecule is CS(=O)(=O)N1CCC(NC(=O)c2ccc3c(-c4ccoc4)cccc3c2)CC1. The average Bonchev–Trinajstić information content (AvgIpc) is 3.21. The highest BCUT2D eigenvalue weighted by molar-refractivity contribution is 7.88. The summed E-state index contributed by atoms with van der Waals surface area (Å²) in [4.78, 5) is 12.7. The van der Waals surface area contributed by atoms with Crippen LogP contribution in [0.4, 0.5) is 0 Å². The molecule has 0 bridgehead atoms. The fourth-order valence-electron chi connectivity index (χ4n) is 3.69. The van der Waals surface area contributed by atoms with Gasteiger partial charge in [-0.15, -0.1) is 0 Å². The lowest BCUT2D eigenvalue weighted by molar-refractivity contribution is 0.0924. The number of furan rings is 1. The third-order valence-corrected chi connectivity index (χ3v) is 6.54. The Balaban J connectivity index is 1.50. The minimum Gasteiger partial charge on any atom is -0.472 e. The highest BCUT2D eigenvalue weighted by Crippen LogP contribution is 2.29. The quantitative estimate of drug-likeness (QED) is 0.732. The van der Waals surface area contributed by atoms with E-state index in [1.165, 1.54) is 10.6 Å². The topological polar surface area (TPSA) is 79.6 Å². The van der Waals surface area contributed by atoms with E-state index < -0.39 is 10.0 Å². The van der Waals surface area contributed by atoms with Gasteiger partial charge in [-0.1, -0.05) is 24.3 Å². The molecule has 4 rings (SSSR count). The number of hydrogen-bond acceptors (Lipinski definition) is 4. The third-order valence-electron chi connectivity index (χ3n) is 5.23. The molecule has 0 radical (unpaired) electrons. The highest BCUT2D eigenvalue weighted by Gasteiger charge is 2.26. The minimum atomic E-state index is -3.16. The van der Waals surface area contributed by atoms with Crippen LogP contribution >= 0.6 is 0 Å². The molecule has 1 amide bonds. The molecule has 1 saturated heterocycles. The van der Waals surface area contributed by atoms with Gasteiger partial charge in [0.2, 0.25) is 10.0 Å². The number of piperidine rings is 1. The van der Waals surface area contributed by atoms with Crippen LogP contribution in [-0.4, -0.2) is 44.0 Å². The molecule has 1 aromatic heterocycles. The van der Waals surface area contributed by atoms with Crippen molar-refractivity contribution in [3.63, 3.8) is 0 Å². The highest BCUT2D eigenvalue weighted by atomic mass is 32.2. The van der Waals surface area contributed by atoms with Crippen LogP contribution in [0.5, 0.6) is 0 Å². The first-order chi connectivity index (χ1) is 13.4. The Kier molecular flexibility index (Phi) is 4.95. The summed E-state index contributed by atoms with van der Waals surface area (Å²) in [5, 5.41) is 5.08. The van der Waals surface area contributed by atoms with Crippen LogP contribution in [0.3, 0.4) is 0 Å². The molecule has 1 aliphatic rings. The van der Waals surface area contributed by atoms with Crippen LogP contribution in [0.1, 0.15) is 23.2 Å². The average molecular weight is 398 g/mol. The second-order valence-electron chi connectivity index (χ2n) is 7.16. The van der Waals surface area contributed by atoms with Crippen LogP contribution in [0.25, 0.3) is 21.9 Å². The van der Waals surface area contributed by atoms with Crippen molar-refractivity contribution in [3.8, 4) is 11.1 Å². The van der Waals surface area contributed by atoms with Gasteiger partial charge in [0.15, 0.2) is 0 Å². The van der Waals surface area contributed by atoms with Crippen molar-refractivity contribution in [3.05, 3.63) is 60.6 Å². The van der Waals surface area contributed by atoms with E-state index in [0.29, 0.717) is 31.5 Å². The molecule has 0 saturated carbocycles. The first-order valence-corrected chi connectivity index (χ1v) is 11.1. The third kappa shape index (κ3) is 3.81. The molecule has 146 valence electrons. The molecule has 0 unspecified atom stereocenters. The Morgan fingerprint density at radius 1 is 1.14 bits per heavy atom. The van der Waals surface area contributed by atoms with Gasteiger partial charge in [-0.25, -0.2) is 12.7 Å². The zero-order chi connectivity index (χ0) is 19.7. The van der Waals surface area contributed by atoms with E-state index >= 15 is 0 Å². The molecular formula is C21H22N2O4S. The van der Waals surface area contributed by atoms with E-state index in [1.54, 1.807) is 12.5 Å². The summed E-state index contributed by atoms with van der Waals surface area (Å²) in [6.45, 7) is 0.880. The molecule has 3 aromatic rings. The number of amides is 1. The van der Waals surface area contributed by atoms with Gasteiger partial charge >= 0.3 is 0 Å². The molecular weight excluding hydrogens is 376 g/mol. The smallest absolute Gasteiger partial charge is 0.251 e. The summed E-state index contributed by atoms with van der Waals surface area (Å²) in [5.41, 5.74) is 2.66. The van der Waals surface area contributed by atoms with E-state index in [9.17, 15) is 13.2 Å². The summed E-state index contributed by atoms with van der Waals surface area (Å²) in [6, 6.07) is 13.6. The van der Waals surface area contributed by atoms with Gasteiger partial charge in [-0.05, 0) is 47.4 Å². The van der Waals surface area contributed by atoms with E-state index in [1.807, 2.05) is 42.5 Å². The maximum Gasteiger partial charge on any atom is 0.251 e. The molecule has 0 aliphatic carbocycles. The summed E-state index contributed by atoms with van der Waals surface area (Å²) >= 11 is 0. The number of nitrogens with one attached hydrogen (secondary N) is 1. The summed E-state index contributed by atoms with van der Waals surface area (Å²) in [5.74, 6) is -0.131. The summed E-state index contributed by atoms with van der Waals surface area (Å²) < 4.78 is 29.9. The molecule has 7 heteroatoms. The Hall–Kier alpha value is -2.64. The predicted molar refractivity (Wildman–Crippen MR) is 109 cm³/mol. The van der Waals surface area contributed by atoms with Crippen molar-refractivity contribution >= 4 is 26.7 Å². The zero-order valence-corrected chi connectivity index (χ0v) is 16.4. The number of sulfonamides is 1. The molecule has 0 atom stereocenters. The van der Waals surface area contributed by atoms with Crippen LogP contribution in [0.2, 0.25) is 0 Å². The van der Waals surface area contributed by atoms with Crippen molar-refractivity contribution < 1.29 is 17.6 Å². The molecule has 2 aromatic carbocycles. The number of carbonyl (C=O) groups is 1. The number of hydrogen-bond donors (Lipinski definition) is 1. The van der Waals surface area contributed by atoms with Gasteiger partial charge in [0, 0.05) is 30.3 Å². The largest absolute Gasteiger partial charge is 0.472 e. The number of benzene rings is 2. The molecule has 1 N–H and O–H groups in total. The normalized spacial score (nSPS) is 16.3. The first-order valence-electron chi connectivity index (χ1n) is 9.23. The predicted octanol–water partition coefficient (Wildman–Crippen LogP) is 3.25. The van der Waals surface area contributed by atoms with Gasteiger partial charge in [0.25, 0.3) is 5.91 Å². The summed E-state index contributed by atoms with van der Waals surface area (Å²) in [7, 11) is -3.16. The second kappa shape index (κ2) is 7.41. The van der Waals surface area contributed by atoms with Crippen molar-refractivity contribution in [2.75, 3.05) is 19.3 Å². The van der Waals surface area contributed by atoms with Crippen LogP contribution in [-0.2, 0) is 10.0 Å².